The number of benzene rings is 2. The highest BCUT2D eigenvalue weighted by atomic mass is 35.5. The van der Waals surface area contributed by atoms with Crippen LogP contribution in [0, 0.1) is 13.8 Å². The monoisotopic (exact) mass is 392 g/mol. The summed E-state index contributed by atoms with van der Waals surface area (Å²) in [6.45, 7) is 4.96. The zero-order valence-electron chi connectivity index (χ0n) is 14.8. The summed E-state index contributed by atoms with van der Waals surface area (Å²) in [4.78, 5) is 14.5. The lowest BCUT2D eigenvalue weighted by atomic mass is 10.2. The highest BCUT2D eigenvalue weighted by Gasteiger charge is 2.21. The van der Waals surface area contributed by atoms with E-state index >= 15 is 0 Å². The van der Waals surface area contributed by atoms with Gasteiger partial charge < -0.3 is 4.90 Å². The van der Waals surface area contributed by atoms with Gasteiger partial charge in [0.05, 0.1) is 4.90 Å². The number of nitrogens with zero attached hydrogens (tertiary/aromatic N) is 1. The van der Waals surface area contributed by atoms with Crippen LogP contribution in [0.15, 0.2) is 41.3 Å². The molecule has 1 fully saturated rings. The first-order chi connectivity index (χ1) is 12.3. The van der Waals surface area contributed by atoms with Gasteiger partial charge in [-0.05, 0) is 68.1 Å². The molecule has 1 saturated heterocycles. The first-order valence-corrected chi connectivity index (χ1v) is 10.3. The minimum atomic E-state index is -3.78. The molecule has 26 heavy (non-hydrogen) atoms. The molecule has 2 aromatic carbocycles. The molecule has 0 radical (unpaired) electrons. The number of likely N-dealkylation sites (tertiary alicyclic amines) is 1. The van der Waals surface area contributed by atoms with Crippen LogP contribution in [0.1, 0.15) is 34.3 Å². The van der Waals surface area contributed by atoms with E-state index in [1.807, 2.05) is 0 Å². The summed E-state index contributed by atoms with van der Waals surface area (Å²) in [5, 5.41) is 0.527. The number of rotatable bonds is 4. The van der Waals surface area contributed by atoms with Crippen molar-refractivity contribution in [3.8, 4) is 0 Å². The van der Waals surface area contributed by atoms with Gasteiger partial charge in [-0.1, -0.05) is 17.7 Å². The van der Waals surface area contributed by atoms with E-state index < -0.39 is 10.0 Å². The van der Waals surface area contributed by atoms with Gasteiger partial charge in [-0.25, -0.2) is 8.42 Å². The van der Waals surface area contributed by atoms with E-state index in [0.717, 1.165) is 25.9 Å². The maximum Gasteiger partial charge on any atom is 0.262 e. The lowest BCUT2D eigenvalue weighted by Gasteiger charge is -2.16. The fourth-order valence-corrected chi connectivity index (χ4v) is 4.65. The van der Waals surface area contributed by atoms with Gasteiger partial charge in [-0.2, -0.15) is 0 Å². The smallest absolute Gasteiger partial charge is 0.262 e. The van der Waals surface area contributed by atoms with Crippen LogP contribution in [0.3, 0.4) is 0 Å². The summed E-state index contributed by atoms with van der Waals surface area (Å²) < 4.78 is 28.1. The summed E-state index contributed by atoms with van der Waals surface area (Å²) in [5.74, 6) is -0.0675. The molecule has 1 N–H and O–H groups in total. The molecule has 0 spiro atoms. The fourth-order valence-electron chi connectivity index (χ4n) is 3.07. The Bertz CT molecular complexity index is 951. The predicted octanol–water partition coefficient (Wildman–Crippen LogP) is 3.99. The molecule has 7 heteroatoms. The molecule has 1 aliphatic heterocycles. The first-order valence-electron chi connectivity index (χ1n) is 8.47. The molecule has 1 heterocycles. The van der Waals surface area contributed by atoms with E-state index in [0.29, 0.717) is 27.4 Å². The Balaban J connectivity index is 1.87. The van der Waals surface area contributed by atoms with E-state index in [1.165, 1.54) is 0 Å². The zero-order valence-corrected chi connectivity index (χ0v) is 16.3. The number of carbonyl (C=O) groups is 1. The second-order valence-electron chi connectivity index (χ2n) is 6.55. The average molecular weight is 393 g/mol. The van der Waals surface area contributed by atoms with E-state index in [4.69, 9.17) is 11.6 Å². The van der Waals surface area contributed by atoms with Crippen molar-refractivity contribution in [2.45, 2.75) is 31.6 Å². The van der Waals surface area contributed by atoms with Crippen LogP contribution in [0.4, 0.5) is 5.69 Å². The van der Waals surface area contributed by atoms with Gasteiger partial charge in [0.15, 0.2) is 0 Å². The maximum absolute atomic E-state index is 12.8. The van der Waals surface area contributed by atoms with Crippen LogP contribution in [-0.4, -0.2) is 32.3 Å². The molecule has 0 saturated carbocycles. The number of hydrogen-bond donors (Lipinski definition) is 1. The molecule has 0 aliphatic carbocycles. The fraction of sp³-hybridized carbons (Fsp3) is 0.316. The third kappa shape index (κ3) is 3.86. The van der Waals surface area contributed by atoms with Gasteiger partial charge >= 0.3 is 0 Å². The van der Waals surface area contributed by atoms with Crippen molar-refractivity contribution in [2.24, 2.45) is 0 Å². The second kappa shape index (κ2) is 7.29. The normalized spacial score (nSPS) is 14.5. The molecule has 2 aromatic rings. The van der Waals surface area contributed by atoms with Crippen LogP contribution in [0.25, 0.3) is 0 Å². The first kappa shape index (κ1) is 18.7. The Morgan fingerprint density at radius 2 is 1.77 bits per heavy atom. The number of carbonyl (C=O) groups excluding carboxylic acids is 1. The van der Waals surface area contributed by atoms with Crippen molar-refractivity contribution in [3.63, 3.8) is 0 Å². The molecule has 0 unspecified atom stereocenters. The molecule has 0 aromatic heterocycles. The minimum absolute atomic E-state index is 0.0675. The van der Waals surface area contributed by atoms with Gasteiger partial charge in [0, 0.05) is 29.4 Å². The lowest BCUT2D eigenvalue weighted by Crippen LogP contribution is -2.27. The minimum Gasteiger partial charge on any atom is -0.339 e. The molecular formula is C19H21ClN2O3S. The number of nitrogens with one attached hydrogen (secondary N) is 1. The van der Waals surface area contributed by atoms with E-state index in [2.05, 4.69) is 4.72 Å². The molecule has 138 valence electrons. The summed E-state index contributed by atoms with van der Waals surface area (Å²) in [6.07, 6.45) is 2.01. The highest BCUT2D eigenvalue weighted by Crippen LogP contribution is 2.26. The van der Waals surface area contributed by atoms with Crippen LogP contribution < -0.4 is 4.72 Å². The SMILES string of the molecule is Cc1cc(S(=O)(=O)Nc2cccc(C(=O)N3CCCC3)c2)c(C)cc1Cl. The third-order valence-electron chi connectivity index (χ3n) is 4.50. The van der Waals surface area contributed by atoms with Crippen molar-refractivity contribution in [2.75, 3.05) is 17.8 Å². The van der Waals surface area contributed by atoms with Crippen LogP contribution in [0.2, 0.25) is 5.02 Å². The van der Waals surface area contributed by atoms with Gasteiger partial charge in [0.1, 0.15) is 0 Å². The number of hydrogen-bond acceptors (Lipinski definition) is 3. The lowest BCUT2D eigenvalue weighted by molar-refractivity contribution is 0.0793. The van der Waals surface area contributed by atoms with Crippen molar-refractivity contribution < 1.29 is 13.2 Å². The Morgan fingerprint density at radius 3 is 2.46 bits per heavy atom. The van der Waals surface area contributed by atoms with Gasteiger partial charge in [0.25, 0.3) is 15.9 Å². The van der Waals surface area contributed by atoms with Crippen LogP contribution in [0.5, 0.6) is 0 Å². The molecule has 1 amide bonds. The third-order valence-corrected chi connectivity index (χ3v) is 6.43. The Labute approximate surface area is 159 Å². The van der Waals surface area contributed by atoms with Gasteiger partial charge in [-0.15, -0.1) is 0 Å². The van der Waals surface area contributed by atoms with Gasteiger partial charge in [0.2, 0.25) is 0 Å². The topological polar surface area (TPSA) is 66.5 Å². The van der Waals surface area contributed by atoms with Crippen molar-refractivity contribution in [1.29, 1.82) is 0 Å². The number of halogens is 1. The largest absolute Gasteiger partial charge is 0.339 e. The Morgan fingerprint density at radius 1 is 1.08 bits per heavy atom. The van der Waals surface area contributed by atoms with Crippen molar-refractivity contribution in [1.82, 2.24) is 4.90 Å². The standard InChI is InChI=1S/C19H21ClN2O3S/c1-13-11-18(14(2)10-17(13)20)26(24,25)21-16-7-5-6-15(12-16)19(23)22-8-3-4-9-22/h5-7,10-12,21H,3-4,8-9H2,1-2H3. The van der Waals surface area contributed by atoms with E-state index in [9.17, 15) is 13.2 Å². The molecule has 0 bridgehead atoms. The number of aryl methyl sites for hydroxylation is 2. The number of anilines is 1. The predicted molar refractivity (Wildman–Crippen MR) is 103 cm³/mol. The van der Waals surface area contributed by atoms with E-state index in [-0.39, 0.29) is 10.8 Å². The maximum atomic E-state index is 12.8. The second-order valence-corrected chi connectivity index (χ2v) is 8.61. The Kier molecular flexibility index (Phi) is 5.25. The molecule has 5 nitrogen and oxygen atoms in total. The quantitative estimate of drug-likeness (QED) is 0.855. The van der Waals surface area contributed by atoms with Crippen LogP contribution in [-0.2, 0) is 10.0 Å². The molecule has 1 aliphatic rings. The zero-order chi connectivity index (χ0) is 18.9. The number of sulfonamides is 1. The van der Waals surface area contributed by atoms with Crippen molar-refractivity contribution in [3.05, 3.63) is 58.1 Å². The van der Waals surface area contributed by atoms with Crippen LogP contribution >= 0.6 is 11.6 Å². The Hall–Kier alpha value is -2.05. The average Bonchev–Trinajstić information content (AvgIpc) is 3.11. The van der Waals surface area contributed by atoms with E-state index in [1.54, 1.807) is 55.1 Å². The highest BCUT2D eigenvalue weighted by molar-refractivity contribution is 7.92. The molecular weight excluding hydrogens is 372 g/mol. The summed E-state index contributed by atoms with van der Waals surface area (Å²) in [6, 6.07) is 9.79. The summed E-state index contributed by atoms with van der Waals surface area (Å²) in [5.41, 5.74) is 2.10. The number of amides is 1. The molecule has 0 atom stereocenters. The van der Waals surface area contributed by atoms with Crippen molar-refractivity contribution >= 4 is 33.2 Å². The summed E-state index contributed by atoms with van der Waals surface area (Å²) >= 11 is 6.06. The van der Waals surface area contributed by atoms with Gasteiger partial charge in [-0.3, -0.25) is 9.52 Å². The molecule has 3 rings (SSSR count). The summed E-state index contributed by atoms with van der Waals surface area (Å²) in [7, 11) is -3.78.